The molecule has 1 heterocycles. The van der Waals surface area contributed by atoms with E-state index in [0.717, 1.165) is 27.1 Å². The second-order valence-corrected chi connectivity index (χ2v) is 5.27. The maximum Gasteiger partial charge on any atom is 0.129 e. The summed E-state index contributed by atoms with van der Waals surface area (Å²) in [6, 6.07) is 10.1. The van der Waals surface area contributed by atoms with E-state index in [1.54, 1.807) is 6.20 Å². The molecule has 1 unspecified atom stereocenters. The molecule has 4 heteroatoms. The number of anilines is 2. The fraction of sp³-hybridized carbons (Fsp3) is 0.214. The van der Waals surface area contributed by atoms with Gasteiger partial charge in [-0.15, -0.1) is 0 Å². The topological polar surface area (TPSA) is 50.9 Å². The van der Waals surface area contributed by atoms with Gasteiger partial charge in [0.1, 0.15) is 5.82 Å². The molecule has 3 nitrogen and oxygen atoms in total. The number of nitrogens with zero attached hydrogens (tertiary/aromatic N) is 1. The lowest BCUT2D eigenvalue weighted by atomic mass is 10.1. The number of aromatic nitrogens is 1. The molecule has 1 aromatic carbocycles. The number of aryl methyl sites for hydroxylation is 1. The number of benzene rings is 1. The Morgan fingerprint density at radius 1 is 1.33 bits per heavy atom. The first-order valence-corrected chi connectivity index (χ1v) is 6.59. The minimum atomic E-state index is 0.167. The lowest BCUT2D eigenvalue weighted by molar-refractivity contribution is 0.872. The summed E-state index contributed by atoms with van der Waals surface area (Å²) in [5, 5.41) is 3.39. The summed E-state index contributed by atoms with van der Waals surface area (Å²) < 4.78 is 0.988. The highest BCUT2D eigenvalue weighted by atomic mass is 79.9. The molecule has 3 N–H and O–H groups in total. The van der Waals surface area contributed by atoms with Crippen molar-refractivity contribution < 1.29 is 0 Å². The van der Waals surface area contributed by atoms with Crippen LogP contribution in [0.25, 0.3) is 0 Å². The summed E-state index contributed by atoms with van der Waals surface area (Å²) in [6.07, 6.45) is 1.79. The van der Waals surface area contributed by atoms with Gasteiger partial charge >= 0.3 is 0 Å². The first-order chi connectivity index (χ1) is 8.56. The van der Waals surface area contributed by atoms with Crippen LogP contribution in [-0.2, 0) is 0 Å². The van der Waals surface area contributed by atoms with Crippen LogP contribution in [0.5, 0.6) is 0 Å². The van der Waals surface area contributed by atoms with E-state index in [0.29, 0.717) is 0 Å². The van der Waals surface area contributed by atoms with E-state index in [1.807, 2.05) is 31.2 Å². The second-order valence-electron chi connectivity index (χ2n) is 4.36. The molecule has 94 valence electrons. The highest BCUT2D eigenvalue weighted by molar-refractivity contribution is 9.10. The van der Waals surface area contributed by atoms with Gasteiger partial charge in [0.15, 0.2) is 0 Å². The van der Waals surface area contributed by atoms with Gasteiger partial charge in [0.05, 0.1) is 6.04 Å². The predicted molar refractivity (Wildman–Crippen MR) is 79.6 cm³/mol. The molecule has 0 aliphatic carbocycles. The fourth-order valence-electron chi connectivity index (χ4n) is 1.81. The van der Waals surface area contributed by atoms with E-state index >= 15 is 0 Å². The third-order valence-corrected chi connectivity index (χ3v) is 3.24. The van der Waals surface area contributed by atoms with E-state index in [2.05, 4.69) is 39.2 Å². The standard InChI is InChI=1S/C14H16BrN3/c1-9-6-12(15)8-17-14(9)18-10(2)11-4-3-5-13(16)7-11/h3-8,10H,16H2,1-2H3,(H,17,18). The minimum absolute atomic E-state index is 0.167. The van der Waals surface area contributed by atoms with Crippen molar-refractivity contribution in [3.8, 4) is 0 Å². The number of nitrogen functional groups attached to an aromatic ring is 1. The van der Waals surface area contributed by atoms with Crippen molar-refractivity contribution in [1.29, 1.82) is 0 Å². The highest BCUT2D eigenvalue weighted by Gasteiger charge is 2.08. The van der Waals surface area contributed by atoms with Gasteiger partial charge in [-0.2, -0.15) is 0 Å². The van der Waals surface area contributed by atoms with Gasteiger partial charge in [0.25, 0.3) is 0 Å². The van der Waals surface area contributed by atoms with Gasteiger partial charge in [0.2, 0.25) is 0 Å². The maximum absolute atomic E-state index is 5.79. The van der Waals surface area contributed by atoms with Crippen LogP contribution in [0, 0.1) is 6.92 Å². The van der Waals surface area contributed by atoms with E-state index in [-0.39, 0.29) is 6.04 Å². The van der Waals surface area contributed by atoms with Crippen LogP contribution in [0.15, 0.2) is 41.0 Å². The van der Waals surface area contributed by atoms with Crippen molar-refractivity contribution in [2.24, 2.45) is 0 Å². The summed E-state index contributed by atoms with van der Waals surface area (Å²) in [6.45, 7) is 4.13. The number of nitrogens with two attached hydrogens (primary N) is 1. The van der Waals surface area contributed by atoms with Crippen molar-refractivity contribution in [3.63, 3.8) is 0 Å². The second kappa shape index (κ2) is 5.40. The number of hydrogen-bond acceptors (Lipinski definition) is 3. The van der Waals surface area contributed by atoms with Crippen LogP contribution in [0.4, 0.5) is 11.5 Å². The average molecular weight is 306 g/mol. The van der Waals surface area contributed by atoms with Crippen molar-refractivity contribution in [3.05, 3.63) is 52.1 Å². The zero-order valence-electron chi connectivity index (χ0n) is 10.4. The molecule has 0 fully saturated rings. The van der Waals surface area contributed by atoms with Crippen LogP contribution in [0.3, 0.4) is 0 Å². The van der Waals surface area contributed by atoms with Crippen molar-refractivity contribution in [2.45, 2.75) is 19.9 Å². The zero-order chi connectivity index (χ0) is 13.1. The molecule has 0 aliphatic rings. The average Bonchev–Trinajstić information content (AvgIpc) is 2.32. The molecular weight excluding hydrogens is 290 g/mol. The third-order valence-electron chi connectivity index (χ3n) is 2.81. The van der Waals surface area contributed by atoms with Crippen LogP contribution in [0.1, 0.15) is 24.1 Å². The van der Waals surface area contributed by atoms with E-state index in [4.69, 9.17) is 5.73 Å². The molecule has 0 aliphatic heterocycles. The van der Waals surface area contributed by atoms with Crippen molar-refractivity contribution in [2.75, 3.05) is 11.1 Å². The van der Waals surface area contributed by atoms with Crippen LogP contribution in [0.2, 0.25) is 0 Å². The van der Waals surface area contributed by atoms with Crippen molar-refractivity contribution >= 4 is 27.4 Å². The SMILES string of the molecule is Cc1cc(Br)cnc1NC(C)c1cccc(N)c1. The summed E-state index contributed by atoms with van der Waals surface area (Å²) in [5.41, 5.74) is 8.83. The van der Waals surface area contributed by atoms with Crippen LogP contribution >= 0.6 is 15.9 Å². The quantitative estimate of drug-likeness (QED) is 0.845. The predicted octanol–water partition coefficient (Wildman–Crippen LogP) is 3.91. The van der Waals surface area contributed by atoms with Gasteiger partial charge in [-0.25, -0.2) is 4.98 Å². The van der Waals surface area contributed by atoms with E-state index in [9.17, 15) is 0 Å². The van der Waals surface area contributed by atoms with Gasteiger partial charge in [-0.1, -0.05) is 12.1 Å². The Balaban J connectivity index is 2.18. The van der Waals surface area contributed by atoms with E-state index < -0.39 is 0 Å². The largest absolute Gasteiger partial charge is 0.399 e. The smallest absolute Gasteiger partial charge is 0.129 e. The van der Waals surface area contributed by atoms with Crippen molar-refractivity contribution in [1.82, 2.24) is 4.98 Å². The van der Waals surface area contributed by atoms with Crippen LogP contribution < -0.4 is 11.1 Å². The summed E-state index contributed by atoms with van der Waals surface area (Å²) in [4.78, 5) is 4.38. The molecule has 1 aromatic heterocycles. The first kappa shape index (κ1) is 12.9. The molecule has 18 heavy (non-hydrogen) atoms. The molecule has 0 saturated carbocycles. The Morgan fingerprint density at radius 2 is 2.11 bits per heavy atom. The fourth-order valence-corrected chi connectivity index (χ4v) is 2.25. The normalized spacial score (nSPS) is 12.2. The third kappa shape index (κ3) is 3.01. The molecular formula is C14H16BrN3. The molecule has 2 aromatic rings. The summed E-state index contributed by atoms with van der Waals surface area (Å²) in [7, 11) is 0. The molecule has 2 rings (SSSR count). The Bertz CT molecular complexity index is 554. The lowest BCUT2D eigenvalue weighted by Crippen LogP contribution is -2.09. The maximum atomic E-state index is 5.79. The Hall–Kier alpha value is -1.55. The molecule has 0 radical (unpaired) electrons. The van der Waals surface area contributed by atoms with Gasteiger partial charge < -0.3 is 11.1 Å². The lowest BCUT2D eigenvalue weighted by Gasteiger charge is -2.17. The number of hydrogen-bond donors (Lipinski definition) is 2. The van der Waals surface area contributed by atoms with Crippen LogP contribution in [-0.4, -0.2) is 4.98 Å². The van der Waals surface area contributed by atoms with Gasteiger partial charge in [-0.05, 0) is 59.1 Å². The Kier molecular flexibility index (Phi) is 3.87. The Morgan fingerprint density at radius 3 is 2.78 bits per heavy atom. The van der Waals surface area contributed by atoms with Gasteiger partial charge in [-0.3, -0.25) is 0 Å². The summed E-state index contributed by atoms with van der Waals surface area (Å²) in [5.74, 6) is 0.896. The number of rotatable bonds is 3. The number of halogens is 1. The number of pyridine rings is 1. The monoisotopic (exact) mass is 305 g/mol. The highest BCUT2D eigenvalue weighted by Crippen LogP contribution is 2.23. The number of nitrogens with one attached hydrogen (secondary N) is 1. The molecule has 0 saturated heterocycles. The molecule has 0 spiro atoms. The molecule has 1 atom stereocenters. The molecule has 0 amide bonds. The van der Waals surface area contributed by atoms with E-state index in [1.165, 1.54) is 0 Å². The zero-order valence-corrected chi connectivity index (χ0v) is 12.0. The summed E-state index contributed by atoms with van der Waals surface area (Å²) >= 11 is 3.41. The first-order valence-electron chi connectivity index (χ1n) is 5.80. The minimum Gasteiger partial charge on any atom is -0.399 e. The van der Waals surface area contributed by atoms with Gasteiger partial charge in [0, 0.05) is 16.4 Å². The molecule has 0 bridgehead atoms. The Labute approximate surface area is 116 Å².